The van der Waals surface area contributed by atoms with Gasteiger partial charge < -0.3 is 4.74 Å². The van der Waals surface area contributed by atoms with Crippen molar-refractivity contribution in [3.05, 3.63) is 15.8 Å². The fourth-order valence-electron chi connectivity index (χ4n) is 1.86. The third kappa shape index (κ3) is 4.42. The molecule has 1 aromatic heterocycles. The van der Waals surface area contributed by atoms with Crippen LogP contribution < -0.4 is 4.72 Å². The molecule has 1 heterocycles. The van der Waals surface area contributed by atoms with Gasteiger partial charge in [0.15, 0.2) is 0 Å². The van der Waals surface area contributed by atoms with Gasteiger partial charge in [-0.25, -0.2) is 4.79 Å². The van der Waals surface area contributed by atoms with E-state index in [9.17, 15) is 13.2 Å². The first kappa shape index (κ1) is 17.9. The van der Waals surface area contributed by atoms with E-state index in [2.05, 4.69) is 9.46 Å². The number of aryl methyl sites for hydroxylation is 1. The monoisotopic (exact) mass is 334 g/mol. The lowest BCUT2D eigenvalue weighted by Crippen LogP contribution is -2.37. The molecule has 0 saturated heterocycles. The predicted octanol–water partition coefficient (Wildman–Crippen LogP) is 2.62. The Morgan fingerprint density at radius 3 is 2.38 bits per heavy atom. The Balaban J connectivity index is 3.08. The summed E-state index contributed by atoms with van der Waals surface area (Å²) in [5.41, 5.74) is 1.01. The fraction of sp³-hybridized carbons (Fsp3) is 0.615. The molecule has 0 fully saturated rings. The van der Waals surface area contributed by atoms with E-state index in [1.165, 1.54) is 22.8 Å². The highest BCUT2D eigenvalue weighted by molar-refractivity contribution is 7.90. The van der Waals surface area contributed by atoms with Crippen LogP contribution in [0.4, 0.5) is 5.69 Å². The number of hydrogen-bond acceptors (Lipinski definition) is 5. The van der Waals surface area contributed by atoms with Gasteiger partial charge in [0.2, 0.25) is 0 Å². The second kappa shape index (κ2) is 7.77. The summed E-state index contributed by atoms with van der Waals surface area (Å²) in [6.45, 7) is 6.49. The van der Waals surface area contributed by atoms with Gasteiger partial charge in [0, 0.05) is 13.1 Å². The molecule has 21 heavy (non-hydrogen) atoms. The summed E-state index contributed by atoms with van der Waals surface area (Å²) in [6.07, 6.45) is 1.46. The molecule has 1 N–H and O–H groups in total. The second-order valence-electron chi connectivity index (χ2n) is 4.62. The lowest BCUT2D eigenvalue weighted by molar-refractivity contribution is 0.0607. The number of hydrogen-bond donors (Lipinski definition) is 1. The highest BCUT2D eigenvalue weighted by Crippen LogP contribution is 2.29. The number of rotatable bonds is 8. The zero-order valence-electron chi connectivity index (χ0n) is 12.8. The molecular formula is C13H22N2O4S2. The molecule has 0 saturated carbocycles. The van der Waals surface area contributed by atoms with Gasteiger partial charge in [-0.15, -0.1) is 11.3 Å². The number of anilines is 1. The highest BCUT2D eigenvalue weighted by atomic mass is 32.2. The number of esters is 1. The minimum atomic E-state index is -3.67. The second-order valence-corrected chi connectivity index (χ2v) is 7.17. The molecule has 0 spiro atoms. The van der Waals surface area contributed by atoms with Crippen LogP contribution in [0.5, 0.6) is 0 Å². The number of thiophene rings is 1. The van der Waals surface area contributed by atoms with Crippen molar-refractivity contribution in [2.45, 2.75) is 33.6 Å². The molecule has 0 aliphatic heterocycles. The average Bonchev–Trinajstić information content (AvgIpc) is 2.78. The van der Waals surface area contributed by atoms with Gasteiger partial charge in [-0.2, -0.15) is 12.7 Å². The molecule has 0 amide bonds. The zero-order valence-corrected chi connectivity index (χ0v) is 14.4. The summed E-state index contributed by atoms with van der Waals surface area (Å²) in [7, 11) is -2.40. The first-order valence-electron chi connectivity index (χ1n) is 6.81. The molecule has 0 atom stereocenters. The summed E-state index contributed by atoms with van der Waals surface area (Å²) in [6, 6.07) is 0. The molecule has 0 aromatic carbocycles. The van der Waals surface area contributed by atoms with E-state index < -0.39 is 16.2 Å². The zero-order chi connectivity index (χ0) is 16.0. The maximum absolute atomic E-state index is 12.5. The van der Waals surface area contributed by atoms with Crippen LogP contribution in [0.25, 0.3) is 0 Å². The molecule has 6 nitrogen and oxygen atoms in total. The molecule has 0 radical (unpaired) electrons. The molecule has 8 heteroatoms. The number of carbonyl (C=O) groups is 1. The lowest BCUT2D eigenvalue weighted by Gasteiger charge is -2.22. The SMILES string of the molecule is CCCN(CCC)S(=O)(=O)Nc1c(C)csc1C(=O)OC. The Kier molecular flexibility index (Phi) is 6.63. The number of carbonyl (C=O) groups excluding carboxylic acids is 1. The lowest BCUT2D eigenvalue weighted by atomic mass is 10.3. The predicted molar refractivity (Wildman–Crippen MR) is 85.1 cm³/mol. The smallest absolute Gasteiger partial charge is 0.350 e. The maximum Gasteiger partial charge on any atom is 0.350 e. The van der Waals surface area contributed by atoms with Crippen molar-refractivity contribution in [2.24, 2.45) is 0 Å². The van der Waals surface area contributed by atoms with Crippen LogP contribution in [0.3, 0.4) is 0 Å². The standard InChI is InChI=1S/C13H22N2O4S2/c1-5-7-15(8-6-2)21(17,18)14-11-10(3)9-20-12(11)13(16)19-4/h9,14H,5-8H2,1-4H3. The van der Waals surface area contributed by atoms with Crippen LogP contribution in [-0.4, -0.2) is 38.9 Å². The van der Waals surface area contributed by atoms with Crippen LogP contribution in [0.2, 0.25) is 0 Å². The Morgan fingerprint density at radius 2 is 1.90 bits per heavy atom. The average molecular weight is 334 g/mol. The summed E-state index contributed by atoms with van der Waals surface area (Å²) >= 11 is 1.17. The summed E-state index contributed by atoms with van der Waals surface area (Å²) in [4.78, 5) is 12.0. The number of ether oxygens (including phenoxy) is 1. The largest absolute Gasteiger partial charge is 0.465 e. The van der Waals surface area contributed by atoms with Crippen molar-refractivity contribution in [1.29, 1.82) is 0 Å². The third-order valence-electron chi connectivity index (χ3n) is 2.86. The molecule has 0 aliphatic rings. The number of methoxy groups -OCH3 is 1. The Labute approximate surface area is 130 Å². The van der Waals surface area contributed by atoms with E-state index in [1.54, 1.807) is 12.3 Å². The third-order valence-corrected chi connectivity index (χ3v) is 5.45. The fourth-order valence-corrected chi connectivity index (χ4v) is 4.34. The highest BCUT2D eigenvalue weighted by Gasteiger charge is 2.25. The van der Waals surface area contributed by atoms with Gasteiger partial charge in [-0.05, 0) is 30.7 Å². The molecule has 1 rings (SSSR count). The van der Waals surface area contributed by atoms with Gasteiger partial charge in [-0.1, -0.05) is 13.8 Å². The van der Waals surface area contributed by atoms with Crippen molar-refractivity contribution in [3.63, 3.8) is 0 Å². The van der Waals surface area contributed by atoms with Gasteiger partial charge in [-0.3, -0.25) is 4.72 Å². The first-order valence-corrected chi connectivity index (χ1v) is 9.13. The normalized spacial score (nSPS) is 11.7. The van der Waals surface area contributed by atoms with Gasteiger partial charge in [0.05, 0.1) is 12.8 Å². The van der Waals surface area contributed by atoms with Crippen molar-refractivity contribution in [2.75, 3.05) is 24.9 Å². The van der Waals surface area contributed by atoms with Gasteiger partial charge in [0.25, 0.3) is 0 Å². The van der Waals surface area contributed by atoms with Crippen LogP contribution in [0.1, 0.15) is 41.9 Å². The Hall–Kier alpha value is -1.12. The molecule has 120 valence electrons. The summed E-state index contributed by atoms with van der Waals surface area (Å²) in [5, 5.41) is 1.73. The van der Waals surface area contributed by atoms with E-state index in [1.807, 2.05) is 13.8 Å². The van der Waals surface area contributed by atoms with Crippen LogP contribution in [0.15, 0.2) is 5.38 Å². The van der Waals surface area contributed by atoms with E-state index in [-0.39, 0.29) is 4.88 Å². The molecule has 0 unspecified atom stereocenters. The van der Waals surface area contributed by atoms with Crippen LogP contribution in [-0.2, 0) is 14.9 Å². The van der Waals surface area contributed by atoms with E-state index in [4.69, 9.17) is 0 Å². The number of nitrogens with one attached hydrogen (secondary N) is 1. The van der Waals surface area contributed by atoms with Crippen molar-refractivity contribution in [1.82, 2.24) is 4.31 Å². The summed E-state index contributed by atoms with van der Waals surface area (Å²) in [5.74, 6) is -0.539. The quantitative estimate of drug-likeness (QED) is 0.742. The molecule has 1 aromatic rings. The van der Waals surface area contributed by atoms with Crippen LogP contribution >= 0.6 is 11.3 Å². The van der Waals surface area contributed by atoms with Gasteiger partial charge >= 0.3 is 16.2 Å². The van der Waals surface area contributed by atoms with Crippen molar-refractivity contribution >= 4 is 33.2 Å². The first-order chi connectivity index (χ1) is 9.87. The molecule has 0 aliphatic carbocycles. The van der Waals surface area contributed by atoms with E-state index in [0.717, 1.165) is 12.8 Å². The minimum absolute atomic E-state index is 0.270. The van der Waals surface area contributed by atoms with Crippen molar-refractivity contribution in [3.8, 4) is 0 Å². The van der Waals surface area contributed by atoms with Gasteiger partial charge in [0.1, 0.15) is 4.88 Å². The number of nitrogens with zero attached hydrogens (tertiary/aromatic N) is 1. The Morgan fingerprint density at radius 1 is 1.33 bits per heavy atom. The molecule has 0 bridgehead atoms. The topological polar surface area (TPSA) is 75.7 Å². The van der Waals surface area contributed by atoms with E-state index in [0.29, 0.717) is 24.3 Å². The minimum Gasteiger partial charge on any atom is -0.465 e. The van der Waals surface area contributed by atoms with E-state index >= 15 is 0 Å². The molecular weight excluding hydrogens is 312 g/mol. The van der Waals surface area contributed by atoms with Crippen LogP contribution in [0, 0.1) is 6.92 Å². The maximum atomic E-state index is 12.5. The van der Waals surface area contributed by atoms with Crippen molar-refractivity contribution < 1.29 is 17.9 Å². The summed E-state index contributed by atoms with van der Waals surface area (Å²) < 4.78 is 33.5. The Bertz CT molecular complexity index is 575.